The molecule has 0 aromatic rings. The second kappa shape index (κ2) is 5.39. The van der Waals surface area contributed by atoms with E-state index in [9.17, 15) is 8.76 Å². The molecule has 2 unspecified atom stereocenters. The van der Waals surface area contributed by atoms with Crippen molar-refractivity contribution in [2.75, 3.05) is 32.7 Å². The molecule has 2 heterocycles. The first kappa shape index (κ1) is 11.5. The monoisotopic (exact) mass is 231 g/mol. The van der Waals surface area contributed by atoms with Crippen molar-refractivity contribution in [2.24, 2.45) is 0 Å². The summed E-state index contributed by atoms with van der Waals surface area (Å²) in [6.07, 6.45) is 4.76. The molecule has 2 aliphatic heterocycles. The lowest BCUT2D eigenvalue weighted by molar-refractivity contribution is 0.119. The van der Waals surface area contributed by atoms with E-state index < -0.39 is 11.1 Å². The first-order chi connectivity index (χ1) is 7.27. The molecule has 0 spiro atoms. The molecule has 0 aromatic heterocycles. The van der Waals surface area contributed by atoms with Crippen LogP contribution >= 0.6 is 0 Å². The zero-order valence-electron chi connectivity index (χ0n) is 9.06. The molecule has 0 saturated carbocycles. The predicted molar refractivity (Wildman–Crippen MR) is 59.2 cm³/mol. The van der Waals surface area contributed by atoms with E-state index in [0.717, 1.165) is 39.0 Å². The quantitative estimate of drug-likeness (QED) is 0.656. The topological polar surface area (TPSA) is 46.6 Å². The Hall–Kier alpha value is 0.0300. The largest absolute Gasteiger partial charge is 0.771 e. The van der Waals surface area contributed by atoms with Gasteiger partial charge in [-0.15, -0.1) is 0 Å². The molecule has 2 atom stereocenters. The van der Waals surface area contributed by atoms with Crippen LogP contribution in [0.4, 0.5) is 0 Å². The molecular weight excluding hydrogens is 212 g/mol. The van der Waals surface area contributed by atoms with Gasteiger partial charge in [-0.05, 0) is 56.5 Å². The summed E-state index contributed by atoms with van der Waals surface area (Å²) in [5.74, 6) is 0. The van der Waals surface area contributed by atoms with Gasteiger partial charge in [-0.3, -0.25) is 9.11 Å². The minimum absolute atomic E-state index is 0.273. The van der Waals surface area contributed by atoms with Crippen LogP contribution in [-0.4, -0.2) is 56.7 Å². The van der Waals surface area contributed by atoms with Gasteiger partial charge in [0.15, 0.2) is 0 Å². The van der Waals surface area contributed by atoms with Crippen molar-refractivity contribution in [3.05, 3.63) is 0 Å². The number of nitrogens with zero attached hydrogens (tertiary/aromatic N) is 2. The van der Waals surface area contributed by atoms with E-state index >= 15 is 0 Å². The summed E-state index contributed by atoms with van der Waals surface area (Å²) in [7, 11) is 0. The van der Waals surface area contributed by atoms with E-state index in [1.165, 1.54) is 12.8 Å². The third-order valence-corrected chi connectivity index (χ3v) is 4.27. The molecule has 2 saturated heterocycles. The maximum atomic E-state index is 11.2. The number of likely N-dealkylation sites (tertiary alicyclic amines) is 2. The Balaban J connectivity index is 1.88. The Kier molecular flexibility index (Phi) is 4.13. The molecule has 0 bridgehead atoms. The minimum Gasteiger partial charge on any atom is -0.771 e. The van der Waals surface area contributed by atoms with Crippen LogP contribution in [0, 0.1) is 0 Å². The highest BCUT2D eigenvalue weighted by atomic mass is 32.2. The Morgan fingerprint density at radius 1 is 1.07 bits per heavy atom. The Labute approximate surface area is 93.9 Å². The van der Waals surface area contributed by atoms with E-state index in [2.05, 4.69) is 9.80 Å². The molecule has 5 heteroatoms. The standard InChI is InChI=1S/C10H20N2O2S/c13-15(14)10(9-11-5-4-6-11)12-7-2-1-3-8-12/h10H,1-9H2,(H,13,14)/p-1. The van der Waals surface area contributed by atoms with Gasteiger partial charge in [0.05, 0.1) is 5.37 Å². The van der Waals surface area contributed by atoms with Crippen LogP contribution in [0.1, 0.15) is 25.7 Å². The second-order valence-electron chi connectivity index (χ2n) is 4.47. The zero-order valence-corrected chi connectivity index (χ0v) is 9.88. The lowest BCUT2D eigenvalue weighted by Gasteiger charge is -2.41. The van der Waals surface area contributed by atoms with E-state index in [0.29, 0.717) is 6.54 Å². The molecule has 15 heavy (non-hydrogen) atoms. The van der Waals surface area contributed by atoms with E-state index in [-0.39, 0.29) is 5.37 Å². The summed E-state index contributed by atoms with van der Waals surface area (Å²) in [5, 5.41) is -0.273. The van der Waals surface area contributed by atoms with Crippen LogP contribution in [0.5, 0.6) is 0 Å². The number of piperidine rings is 1. The average Bonchev–Trinajstić information content (AvgIpc) is 2.17. The van der Waals surface area contributed by atoms with Gasteiger partial charge in [0.25, 0.3) is 0 Å². The maximum Gasteiger partial charge on any atom is 0.0855 e. The fraction of sp³-hybridized carbons (Fsp3) is 1.00. The molecular formula is C10H19N2O2S-. The fourth-order valence-electron chi connectivity index (χ4n) is 2.29. The Morgan fingerprint density at radius 3 is 2.20 bits per heavy atom. The molecule has 88 valence electrons. The third-order valence-electron chi connectivity index (χ3n) is 3.38. The Morgan fingerprint density at radius 2 is 1.73 bits per heavy atom. The van der Waals surface area contributed by atoms with Crippen molar-refractivity contribution in [1.29, 1.82) is 0 Å². The molecule has 2 aliphatic rings. The smallest absolute Gasteiger partial charge is 0.0855 e. The summed E-state index contributed by atoms with van der Waals surface area (Å²) in [5.41, 5.74) is 0. The summed E-state index contributed by atoms with van der Waals surface area (Å²) in [6, 6.07) is 0. The molecule has 2 fully saturated rings. The fourth-order valence-corrected chi connectivity index (χ4v) is 3.08. The van der Waals surface area contributed by atoms with Gasteiger partial charge in [0.1, 0.15) is 0 Å². The number of rotatable bonds is 4. The lowest BCUT2D eigenvalue weighted by Crippen LogP contribution is -2.51. The van der Waals surface area contributed by atoms with Crippen molar-refractivity contribution in [3.8, 4) is 0 Å². The van der Waals surface area contributed by atoms with Crippen LogP contribution < -0.4 is 0 Å². The van der Waals surface area contributed by atoms with E-state index in [1.807, 2.05) is 0 Å². The molecule has 4 nitrogen and oxygen atoms in total. The Bertz CT molecular complexity index is 227. The normalized spacial score (nSPS) is 28.3. The predicted octanol–water partition coefficient (Wildman–Crippen LogP) is 0.383. The molecule has 0 aromatic carbocycles. The van der Waals surface area contributed by atoms with Crippen molar-refractivity contribution in [2.45, 2.75) is 31.1 Å². The average molecular weight is 231 g/mol. The first-order valence-electron chi connectivity index (χ1n) is 5.82. The number of hydrogen-bond donors (Lipinski definition) is 0. The highest BCUT2D eigenvalue weighted by molar-refractivity contribution is 7.79. The molecule has 0 amide bonds. The van der Waals surface area contributed by atoms with Crippen molar-refractivity contribution < 1.29 is 8.76 Å². The van der Waals surface area contributed by atoms with Gasteiger partial charge in [0.2, 0.25) is 0 Å². The SMILES string of the molecule is O=S([O-])C(CN1CCC1)N1CCCCC1. The van der Waals surface area contributed by atoms with E-state index in [4.69, 9.17) is 0 Å². The number of hydrogen-bond acceptors (Lipinski definition) is 4. The van der Waals surface area contributed by atoms with Gasteiger partial charge < -0.3 is 9.45 Å². The summed E-state index contributed by atoms with van der Waals surface area (Å²) < 4.78 is 22.4. The van der Waals surface area contributed by atoms with Crippen LogP contribution in [0.2, 0.25) is 0 Å². The summed E-state index contributed by atoms with van der Waals surface area (Å²) in [4.78, 5) is 4.36. The highest BCUT2D eigenvalue weighted by Crippen LogP contribution is 2.16. The van der Waals surface area contributed by atoms with Crippen LogP contribution in [0.25, 0.3) is 0 Å². The van der Waals surface area contributed by atoms with Crippen molar-refractivity contribution in [1.82, 2.24) is 9.80 Å². The third kappa shape index (κ3) is 3.00. The zero-order chi connectivity index (χ0) is 10.7. The van der Waals surface area contributed by atoms with Gasteiger partial charge >= 0.3 is 0 Å². The second-order valence-corrected chi connectivity index (χ2v) is 5.53. The maximum absolute atomic E-state index is 11.2. The first-order valence-corrected chi connectivity index (χ1v) is 6.95. The van der Waals surface area contributed by atoms with Gasteiger partial charge in [0, 0.05) is 6.54 Å². The van der Waals surface area contributed by atoms with Gasteiger partial charge in [-0.2, -0.15) is 0 Å². The van der Waals surface area contributed by atoms with E-state index in [1.54, 1.807) is 0 Å². The van der Waals surface area contributed by atoms with Crippen LogP contribution in [-0.2, 0) is 11.1 Å². The molecule has 0 aliphatic carbocycles. The van der Waals surface area contributed by atoms with Crippen LogP contribution in [0.3, 0.4) is 0 Å². The van der Waals surface area contributed by atoms with Crippen molar-refractivity contribution in [3.63, 3.8) is 0 Å². The van der Waals surface area contributed by atoms with Gasteiger partial charge in [-0.25, -0.2) is 0 Å². The molecule has 0 radical (unpaired) electrons. The lowest BCUT2D eigenvalue weighted by atomic mass is 10.1. The van der Waals surface area contributed by atoms with Gasteiger partial charge in [-0.1, -0.05) is 6.42 Å². The highest BCUT2D eigenvalue weighted by Gasteiger charge is 2.25. The van der Waals surface area contributed by atoms with Crippen LogP contribution in [0.15, 0.2) is 0 Å². The summed E-state index contributed by atoms with van der Waals surface area (Å²) in [6.45, 7) is 4.75. The molecule has 2 rings (SSSR count). The molecule has 0 N–H and O–H groups in total. The summed E-state index contributed by atoms with van der Waals surface area (Å²) >= 11 is -1.95. The minimum atomic E-state index is -1.95. The van der Waals surface area contributed by atoms with Crippen molar-refractivity contribution >= 4 is 11.1 Å².